The minimum absolute atomic E-state index is 0.632. The SMILES string of the molecule is N#Cc1cc(NCC2CSCCS2)nc2ccccc12. The highest BCUT2D eigenvalue weighted by Gasteiger charge is 2.14. The van der Waals surface area contributed by atoms with Crippen LogP contribution in [-0.4, -0.2) is 34.0 Å². The molecule has 0 amide bonds. The molecule has 1 fully saturated rings. The number of fused-ring (bicyclic) bond motifs is 1. The molecule has 1 atom stereocenters. The average Bonchev–Trinajstić information content (AvgIpc) is 2.53. The predicted octanol–water partition coefficient (Wildman–Crippen LogP) is 3.37. The minimum Gasteiger partial charge on any atom is -0.369 e. The lowest BCUT2D eigenvalue weighted by atomic mass is 10.1. The van der Waals surface area contributed by atoms with Crippen LogP contribution in [0.5, 0.6) is 0 Å². The quantitative estimate of drug-likeness (QED) is 0.942. The lowest BCUT2D eigenvalue weighted by molar-refractivity contribution is 0.996. The molecule has 1 aromatic heterocycles. The van der Waals surface area contributed by atoms with Crippen molar-refractivity contribution in [2.45, 2.75) is 5.25 Å². The van der Waals surface area contributed by atoms with Gasteiger partial charge in [-0.2, -0.15) is 28.8 Å². The van der Waals surface area contributed by atoms with E-state index in [-0.39, 0.29) is 0 Å². The number of nitrogens with zero attached hydrogens (tertiary/aromatic N) is 2. The highest BCUT2D eigenvalue weighted by molar-refractivity contribution is 8.06. The summed E-state index contributed by atoms with van der Waals surface area (Å²) < 4.78 is 0. The van der Waals surface area contributed by atoms with Crippen molar-refractivity contribution >= 4 is 40.2 Å². The molecule has 0 saturated carbocycles. The fraction of sp³-hybridized carbons (Fsp3) is 0.333. The molecular weight excluding hydrogens is 286 g/mol. The van der Waals surface area contributed by atoms with E-state index in [1.165, 1.54) is 17.3 Å². The summed E-state index contributed by atoms with van der Waals surface area (Å²) in [5, 5.41) is 14.2. The number of para-hydroxylation sites is 1. The van der Waals surface area contributed by atoms with Gasteiger partial charge in [-0.25, -0.2) is 4.98 Å². The van der Waals surface area contributed by atoms with Crippen LogP contribution in [0, 0.1) is 11.3 Å². The first-order valence-electron chi connectivity index (χ1n) is 6.60. The molecular formula is C15H15N3S2. The molecule has 2 aromatic rings. The Kier molecular flexibility index (Phi) is 4.34. The molecule has 0 aliphatic carbocycles. The van der Waals surface area contributed by atoms with Gasteiger partial charge in [0.25, 0.3) is 0 Å². The van der Waals surface area contributed by atoms with E-state index in [0.717, 1.165) is 23.3 Å². The summed E-state index contributed by atoms with van der Waals surface area (Å²) in [5.74, 6) is 4.48. The van der Waals surface area contributed by atoms with Crippen LogP contribution in [-0.2, 0) is 0 Å². The van der Waals surface area contributed by atoms with Crippen molar-refractivity contribution < 1.29 is 0 Å². The monoisotopic (exact) mass is 301 g/mol. The second kappa shape index (κ2) is 6.38. The van der Waals surface area contributed by atoms with E-state index in [0.29, 0.717) is 10.8 Å². The number of nitrogens with one attached hydrogen (secondary N) is 1. The molecule has 5 heteroatoms. The third-order valence-electron chi connectivity index (χ3n) is 3.23. The first-order chi connectivity index (χ1) is 9.86. The Hall–Kier alpha value is -1.38. The Balaban J connectivity index is 1.79. The standard InChI is InChI=1S/C15H15N3S2/c16-8-11-7-15(17-9-12-10-19-5-6-20-12)18-14-4-2-1-3-13(11)14/h1-4,7,12H,5-6,9-10H2,(H,17,18). The van der Waals surface area contributed by atoms with Crippen LogP contribution in [0.25, 0.3) is 10.9 Å². The molecule has 20 heavy (non-hydrogen) atoms. The number of hydrogen-bond acceptors (Lipinski definition) is 5. The zero-order valence-corrected chi connectivity index (χ0v) is 12.6. The topological polar surface area (TPSA) is 48.7 Å². The first kappa shape index (κ1) is 13.6. The van der Waals surface area contributed by atoms with Crippen LogP contribution in [0.4, 0.5) is 5.82 Å². The van der Waals surface area contributed by atoms with E-state index >= 15 is 0 Å². The van der Waals surface area contributed by atoms with Crippen LogP contribution in [0.1, 0.15) is 5.56 Å². The number of hydrogen-bond donors (Lipinski definition) is 1. The number of pyridine rings is 1. The normalized spacial score (nSPS) is 18.6. The molecule has 0 radical (unpaired) electrons. The zero-order valence-electron chi connectivity index (χ0n) is 11.0. The summed E-state index contributed by atoms with van der Waals surface area (Å²) in [5.41, 5.74) is 1.56. The Morgan fingerprint density at radius 3 is 3.05 bits per heavy atom. The van der Waals surface area contributed by atoms with Gasteiger partial charge < -0.3 is 5.32 Å². The van der Waals surface area contributed by atoms with Gasteiger partial charge in [0.15, 0.2) is 0 Å². The average molecular weight is 301 g/mol. The Labute approximate surface area is 127 Å². The highest BCUT2D eigenvalue weighted by atomic mass is 32.2. The lowest BCUT2D eigenvalue weighted by Crippen LogP contribution is -2.23. The third kappa shape index (κ3) is 3.02. The maximum absolute atomic E-state index is 9.26. The van der Waals surface area contributed by atoms with Crippen molar-refractivity contribution in [3.63, 3.8) is 0 Å². The number of thioether (sulfide) groups is 2. The summed E-state index contributed by atoms with van der Waals surface area (Å²) in [6, 6.07) is 11.9. The molecule has 102 valence electrons. The fourth-order valence-corrected chi connectivity index (χ4v) is 4.84. The van der Waals surface area contributed by atoms with E-state index in [9.17, 15) is 5.26 Å². The van der Waals surface area contributed by atoms with Crippen molar-refractivity contribution in [1.29, 1.82) is 5.26 Å². The van der Waals surface area contributed by atoms with Crippen LogP contribution in [0.15, 0.2) is 30.3 Å². The van der Waals surface area contributed by atoms with Crippen molar-refractivity contribution in [3.8, 4) is 6.07 Å². The van der Waals surface area contributed by atoms with Gasteiger partial charge >= 0.3 is 0 Å². The molecule has 1 aliphatic rings. The van der Waals surface area contributed by atoms with Crippen LogP contribution in [0.2, 0.25) is 0 Å². The number of benzene rings is 1. The molecule has 0 spiro atoms. The largest absolute Gasteiger partial charge is 0.369 e. The van der Waals surface area contributed by atoms with Crippen LogP contribution in [0.3, 0.4) is 0 Å². The van der Waals surface area contributed by atoms with E-state index < -0.39 is 0 Å². The van der Waals surface area contributed by atoms with E-state index in [2.05, 4.69) is 16.4 Å². The van der Waals surface area contributed by atoms with Crippen molar-refractivity contribution in [1.82, 2.24) is 4.98 Å². The van der Waals surface area contributed by atoms with Gasteiger partial charge in [0, 0.05) is 34.4 Å². The van der Waals surface area contributed by atoms with Crippen LogP contribution >= 0.6 is 23.5 Å². The smallest absolute Gasteiger partial charge is 0.128 e. The van der Waals surface area contributed by atoms with Crippen molar-refractivity contribution in [2.24, 2.45) is 0 Å². The maximum Gasteiger partial charge on any atom is 0.128 e. The van der Waals surface area contributed by atoms with Gasteiger partial charge in [0.05, 0.1) is 17.1 Å². The first-order valence-corrected chi connectivity index (χ1v) is 8.80. The minimum atomic E-state index is 0.632. The molecule has 1 aromatic carbocycles. The van der Waals surface area contributed by atoms with Gasteiger partial charge in [-0.15, -0.1) is 0 Å². The Morgan fingerprint density at radius 1 is 1.35 bits per heavy atom. The van der Waals surface area contributed by atoms with E-state index in [1.54, 1.807) is 0 Å². The molecule has 0 bridgehead atoms. The summed E-state index contributed by atoms with van der Waals surface area (Å²) in [6.07, 6.45) is 0. The maximum atomic E-state index is 9.26. The summed E-state index contributed by atoms with van der Waals surface area (Å²) in [4.78, 5) is 4.59. The number of anilines is 1. The zero-order chi connectivity index (χ0) is 13.8. The third-order valence-corrected chi connectivity index (χ3v) is 6.08. The van der Waals surface area contributed by atoms with Gasteiger partial charge in [0.1, 0.15) is 5.82 Å². The second-order valence-corrected chi connectivity index (χ2v) is 7.19. The lowest BCUT2D eigenvalue weighted by Gasteiger charge is -2.21. The van der Waals surface area contributed by atoms with E-state index in [4.69, 9.17) is 0 Å². The molecule has 2 heterocycles. The molecule has 1 saturated heterocycles. The fourth-order valence-electron chi connectivity index (χ4n) is 2.23. The number of rotatable bonds is 3. The highest BCUT2D eigenvalue weighted by Crippen LogP contribution is 2.25. The summed E-state index contributed by atoms with van der Waals surface area (Å²) in [7, 11) is 0. The molecule has 3 rings (SSSR count). The summed E-state index contributed by atoms with van der Waals surface area (Å²) in [6.45, 7) is 0.911. The van der Waals surface area contributed by atoms with Gasteiger partial charge in [-0.05, 0) is 12.1 Å². The van der Waals surface area contributed by atoms with Gasteiger partial charge in [-0.3, -0.25) is 0 Å². The molecule has 3 nitrogen and oxygen atoms in total. The Morgan fingerprint density at radius 2 is 2.25 bits per heavy atom. The summed E-state index contributed by atoms with van der Waals surface area (Å²) >= 11 is 4.03. The Bertz CT molecular complexity index is 645. The second-order valence-electron chi connectivity index (χ2n) is 4.63. The molecule has 1 unspecified atom stereocenters. The van der Waals surface area contributed by atoms with E-state index in [1.807, 2.05) is 53.9 Å². The number of aromatic nitrogens is 1. The van der Waals surface area contributed by atoms with Gasteiger partial charge in [0.2, 0.25) is 0 Å². The molecule has 1 N–H and O–H groups in total. The predicted molar refractivity (Wildman–Crippen MR) is 88.5 cm³/mol. The molecule has 1 aliphatic heterocycles. The van der Waals surface area contributed by atoms with Crippen LogP contribution < -0.4 is 5.32 Å². The van der Waals surface area contributed by atoms with Crippen molar-refractivity contribution in [3.05, 3.63) is 35.9 Å². The number of nitriles is 1. The van der Waals surface area contributed by atoms with Crippen molar-refractivity contribution in [2.75, 3.05) is 29.1 Å². The van der Waals surface area contributed by atoms with Gasteiger partial charge in [-0.1, -0.05) is 18.2 Å².